The molecular formula is C15H16ClN3. The van der Waals surface area contributed by atoms with Crippen LogP contribution >= 0.6 is 11.6 Å². The first-order chi connectivity index (χ1) is 9.24. The fourth-order valence-electron chi connectivity index (χ4n) is 2.54. The standard InChI is InChI=1S/C15H16ClN3/c1-10-18-14-6-8-17-7-5-13(14)15(19-10)11-3-2-4-12(16)9-11/h2-4,9,17H,5-8H2,1H3. The largest absolute Gasteiger partial charge is 0.316 e. The van der Waals surface area contributed by atoms with Crippen LogP contribution in [0.2, 0.25) is 5.02 Å². The van der Waals surface area contributed by atoms with Crippen LogP contribution in [0.3, 0.4) is 0 Å². The molecular weight excluding hydrogens is 258 g/mol. The lowest BCUT2D eigenvalue weighted by molar-refractivity contribution is 0.708. The zero-order valence-electron chi connectivity index (χ0n) is 10.9. The van der Waals surface area contributed by atoms with Gasteiger partial charge in [0.15, 0.2) is 0 Å². The summed E-state index contributed by atoms with van der Waals surface area (Å²) >= 11 is 6.09. The molecule has 4 heteroatoms. The third-order valence-corrected chi connectivity index (χ3v) is 3.63. The van der Waals surface area contributed by atoms with E-state index in [4.69, 9.17) is 11.6 Å². The van der Waals surface area contributed by atoms with Crippen molar-refractivity contribution in [2.24, 2.45) is 0 Å². The Balaban J connectivity index is 2.17. The maximum absolute atomic E-state index is 6.09. The molecule has 2 aromatic rings. The van der Waals surface area contributed by atoms with E-state index in [9.17, 15) is 0 Å². The summed E-state index contributed by atoms with van der Waals surface area (Å²) in [6, 6.07) is 7.89. The normalized spacial score (nSPS) is 14.8. The van der Waals surface area contributed by atoms with Gasteiger partial charge in [0.25, 0.3) is 0 Å². The van der Waals surface area contributed by atoms with E-state index in [2.05, 4.69) is 21.4 Å². The molecule has 0 bridgehead atoms. The molecule has 1 aliphatic rings. The number of fused-ring (bicyclic) bond motifs is 1. The van der Waals surface area contributed by atoms with Crippen LogP contribution in [0, 0.1) is 6.92 Å². The minimum Gasteiger partial charge on any atom is -0.316 e. The molecule has 1 N–H and O–H groups in total. The van der Waals surface area contributed by atoms with Gasteiger partial charge in [-0.15, -0.1) is 0 Å². The smallest absolute Gasteiger partial charge is 0.126 e. The molecule has 0 spiro atoms. The summed E-state index contributed by atoms with van der Waals surface area (Å²) in [5.74, 6) is 0.829. The van der Waals surface area contributed by atoms with Crippen molar-refractivity contribution in [3.8, 4) is 11.3 Å². The van der Waals surface area contributed by atoms with Gasteiger partial charge in [-0.25, -0.2) is 9.97 Å². The number of rotatable bonds is 1. The predicted octanol–water partition coefficient (Wildman–Crippen LogP) is 2.79. The first-order valence-electron chi connectivity index (χ1n) is 6.57. The first kappa shape index (κ1) is 12.6. The van der Waals surface area contributed by atoms with Crippen molar-refractivity contribution in [2.45, 2.75) is 19.8 Å². The Hall–Kier alpha value is -1.45. The van der Waals surface area contributed by atoms with Gasteiger partial charge in [0.05, 0.1) is 5.69 Å². The first-order valence-corrected chi connectivity index (χ1v) is 6.95. The molecule has 0 saturated carbocycles. The Kier molecular flexibility index (Phi) is 3.49. The lowest BCUT2D eigenvalue weighted by Crippen LogP contribution is -2.16. The molecule has 0 amide bonds. The number of aryl methyl sites for hydroxylation is 1. The summed E-state index contributed by atoms with van der Waals surface area (Å²) in [4.78, 5) is 9.24. The van der Waals surface area contributed by atoms with Crippen LogP contribution < -0.4 is 5.32 Å². The topological polar surface area (TPSA) is 37.8 Å². The number of nitrogens with zero attached hydrogens (tertiary/aromatic N) is 2. The molecule has 0 aliphatic carbocycles. The third kappa shape index (κ3) is 2.62. The summed E-state index contributed by atoms with van der Waals surface area (Å²) in [6.07, 6.45) is 1.93. The average Bonchev–Trinajstić information content (AvgIpc) is 2.63. The van der Waals surface area contributed by atoms with Crippen LogP contribution in [-0.4, -0.2) is 23.1 Å². The van der Waals surface area contributed by atoms with Gasteiger partial charge in [-0.3, -0.25) is 0 Å². The Morgan fingerprint density at radius 1 is 1.16 bits per heavy atom. The average molecular weight is 274 g/mol. The SMILES string of the molecule is Cc1nc2c(c(-c3cccc(Cl)c3)n1)CCNCC2. The quantitative estimate of drug-likeness (QED) is 0.868. The molecule has 1 aromatic heterocycles. The Bertz CT molecular complexity index is 610. The highest BCUT2D eigenvalue weighted by molar-refractivity contribution is 6.30. The summed E-state index contributed by atoms with van der Waals surface area (Å²) < 4.78 is 0. The Morgan fingerprint density at radius 2 is 2.00 bits per heavy atom. The number of halogens is 1. The molecule has 0 radical (unpaired) electrons. The molecule has 19 heavy (non-hydrogen) atoms. The van der Waals surface area contributed by atoms with Crippen molar-refractivity contribution in [1.82, 2.24) is 15.3 Å². The van der Waals surface area contributed by atoms with Gasteiger partial charge in [0.1, 0.15) is 5.82 Å². The molecule has 0 atom stereocenters. The zero-order chi connectivity index (χ0) is 13.2. The molecule has 0 unspecified atom stereocenters. The second-order valence-electron chi connectivity index (χ2n) is 4.81. The zero-order valence-corrected chi connectivity index (χ0v) is 11.7. The van der Waals surface area contributed by atoms with Crippen molar-refractivity contribution < 1.29 is 0 Å². The van der Waals surface area contributed by atoms with Gasteiger partial charge in [0, 0.05) is 34.8 Å². The summed E-state index contributed by atoms with van der Waals surface area (Å²) in [6.45, 7) is 3.91. The minimum absolute atomic E-state index is 0.745. The van der Waals surface area contributed by atoms with E-state index >= 15 is 0 Å². The van der Waals surface area contributed by atoms with E-state index in [1.165, 1.54) is 11.3 Å². The van der Waals surface area contributed by atoms with Gasteiger partial charge in [-0.1, -0.05) is 23.7 Å². The molecule has 0 saturated heterocycles. The highest BCUT2D eigenvalue weighted by Gasteiger charge is 2.16. The Morgan fingerprint density at radius 3 is 2.84 bits per heavy atom. The monoisotopic (exact) mass is 273 g/mol. The minimum atomic E-state index is 0.745. The van der Waals surface area contributed by atoms with E-state index in [-0.39, 0.29) is 0 Å². The fourth-order valence-corrected chi connectivity index (χ4v) is 2.73. The number of nitrogens with one attached hydrogen (secondary N) is 1. The van der Waals surface area contributed by atoms with Crippen LogP contribution in [0.1, 0.15) is 17.1 Å². The van der Waals surface area contributed by atoms with E-state index in [1.807, 2.05) is 25.1 Å². The Labute approximate surface area is 118 Å². The predicted molar refractivity (Wildman–Crippen MR) is 77.5 cm³/mol. The van der Waals surface area contributed by atoms with Gasteiger partial charge in [0.2, 0.25) is 0 Å². The molecule has 98 valence electrons. The van der Waals surface area contributed by atoms with Crippen molar-refractivity contribution in [2.75, 3.05) is 13.1 Å². The summed E-state index contributed by atoms with van der Waals surface area (Å²) in [5.41, 5.74) is 4.55. The van der Waals surface area contributed by atoms with Crippen LogP contribution in [0.15, 0.2) is 24.3 Å². The number of hydrogen-bond acceptors (Lipinski definition) is 3. The molecule has 1 aliphatic heterocycles. The van der Waals surface area contributed by atoms with Crippen molar-refractivity contribution in [3.63, 3.8) is 0 Å². The highest BCUT2D eigenvalue weighted by atomic mass is 35.5. The van der Waals surface area contributed by atoms with Crippen LogP contribution in [-0.2, 0) is 12.8 Å². The van der Waals surface area contributed by atoms with Crippen molar-refractivity contribution >= 4 is 11.6 Å². The van der Waals surface area contributed by atoms with Gasteiger partial charge < -0.3 is 5.32 Å². The maximum atomic E-state index is 6.09. The van der Waals surface area contributed by atoms with Crippen molar-refractivity contribution in [1.29, 1.82) is 0 Å². The number of aromatic nitrogens is 2. The lowest BCUT2D eigenvalue weighted by Gasteiger charge is -2.12. The molecule has 3 rings (SSSR count). The van der Waals surface area contributed by atoms with Crippen LogP contribution in [0.5, 0.6) is 0 Å². The van der Waals surface area contributed by atoms with Gasteiger partial charge in [-0.05, 0) is 32.0 Å². The highest BCUT2D eigenvalue weighted by Crippen LogP contribution is 2.27. The van der Waals surface area contributed by atoms with E-state index in [1.54, 1.807) is 0 Å². The van der Waals surface area contributed by atoms with E-state index in [0.717, 1.165) is 48.0 Å². The van der Waals surface area contributed by atoms with Crippen LogP contribution in [0.4, 0.5) is 0 Å². The second-order valence-corrected chi connectivity index (χ2v) is 5.24. The summed E-state index contributed by atoms with van der Waals surface area (Å²) in [5, 5.41) is 4.15. The van der Waals surface area contributed by atoms with E-state index < -0.39 is 0 Å². The molecule has 0 fully saturated rings. The summed E-state index contributed by atoms with van der Waals surface area (Å²) in [7, 11) is 0. The third-order valence-electron chi connectivity index (χ3n) is 3.39. The number of benzene rings is 1. The second kappa shape index (κ2) is 5.27. The van der Waals surface area contributed by atoms with Crippen molar-refractivity contribution in [3.05, 3.63) is 46.4 Å². The molecule has 1 aromatic carbocycles. The van der Waals surface area contributed by atoms with Crippen LogP contribution in [0.25, 0.3) is 11.3 Å². The van der Waals surface area contributed by atoms with E-state index in [0.29, 0.717) is 0 Å². The number of hydrogen-bond donors (Lipinski definition) is 1. The molecule has 3 nitrogen and oxygen atoms in total. The molecule has 2 heterocycles. The maximum Gasteiger partial charge on any atom is 0.126 e. The van der Waals surface area contributed by atoms with Gasteiger partial charge in [-0.2, -0.15) is 0 Å². The fraction of sp³-hybridized carbons (Fsp3) is 0.333. The lowest BCUT2D eigenvalue weighted by atomic mass is 10.0. The van der Waals surface area contributed by atoms with Gasteiger partial charge >= 0.3 is 0 Å².